The number of carbonyl (C=O) groups is 2. The van der Waals surface area contributed by atoms with Gasteiger partial charge in [0.25, 0.3) is 11.8 Å². The fourth-order valence-electron chi connectivity index (χ4n) is 2.09. The standard InChI is InChI=1S/C14H8ClNO3/c15-11-7-8(17)5-6-12(11)16-13(18)9-3-1-2-4-10(9)14(16)19/h1-7,17H. The normalized spacial score (nSPS) is 13.8. The average Bonchev–Trinajstić information content (AvgIpc) is 2.64. The van der Waals surface area contributed by atoms with Gasteiger partial charge in [-0.2, -0.15) is 0 Å². The van der Waals surface area contributed by atoms with Gasteiger partial charge < -0.3 is 5.11 Å². The number of amides is 2. The zero-order valence-electron chi connectivity index (χ0n) is 9.63. The Kier molecular flexibility index (Phi) is 2.54. The number of anilines is 1. The maximum Gasteiger partial charge on any atom is 0.266 e. The number of carbonyl (C=O) groups excluding carboxylic acids is 2. The lowest BCUT2D eigenvalue weighted by Gasteiger charge is -2.15. The summed E-state index contributed by atoms with van der Waals surface area (Å²) in [6, 6.07) is 10.7. The number of hydrogen-bond acceptors (Lipinski definition) is 3. The van der Waals surface area contributed by atoms with E-state index in [2.05, 4.69) is 0 Å². The van der Waals surface area contributed by atoms with Crippen LogP contribution in [0.5, 0.6) is 5.75 Å². The molecular formula is C14H8ClNO3. The van der Waals surface area contributed by atoms with Gasteiger partial charge in [0.05, 0.1) is 21.8 Å². The van der Waals surface area contributed by atoms with Crippen LogP contribution in [0, 0.1) is 0 Å². The van der Waals surface area contributed by atoms with Crippen molar-refractivity contribution in [1.29, 1.82) is 0 Å². The van der Waals surface area contributed by atoms with Crippen LogP contribution >= 0.6 is 11.6 Å². The molecule has 1 heterocycles. The number of benzene rings is 2. The van der Waals surface area contributed by atoms with Crippen molar-refractivity contribution >= 4 is 29.1 Å². The van der Waals surface area contributed by atoms with E-state index in [9.17, 15) is 14.7 Å². The number of nitrogens with zero attached hydrogens (tertiary/aromatic N) is 1. The molecule has 5 heteroatoms. The molecule has 0 saturated heterocycles. The molecule has 0 spiro atoms. The minimum Gasteiger partial charge on any atom is -0.508 e. The summed E-state index contributed by atoms with van der Waals surface area (Å²) in [6.45, 7) is 0. The minimum absolute atomic E-state index is 0.0228. The van der Waals surface area contributed by atoms with E-state index >= 15 is 0 Å². The molecule has 0 radical (unpaired) electrons. The Balaban J connectivity index is 2.14. The molecule has 0 aliphatic carbocycles. The molecule has 0 fully saturated rings. The Morgan fingerprint density at radius 1 is 0.947 bits per heavy atom. The van der Waals surface area contributed by atoms with E-state index in [-0.39, 0.29) is 16.5 Å². The SMILES string of the molecule is O=C1c2ccccc2C(=O)N1c1ccc(O)cc1Cl. The number of imide groups is 1. The zero-order valence-corrected chi connectivity index (χ0v) is 10.4. The van der Waals surface area contributed by atoms with Crippen LogP contribution in [-0.2, 0) is 0 Å². The molecule has 2 aromatic carbocycles. The number of phenols is 1. The van der Waals surface area contributed by atoms with Crippen molar-refractivity contribution in [2.75, 3.05) is 4.90 Å². The second-order valence-electron chi connectivity index (χ2n) is 4.13. The van der Waals surface area contributed by atoms with Crippen molar-refractivity contribution in [3.63, 3.8) is 0 Å². The summed E-state index contributed by atoms with van der Waals surface area (Å²) in [7, 11) is 0. The number of hydrogen-bond donors (Lipinski definition) is 1. The summed E-state index contributed by atoms with van der Waals surface area (Å²) < 4.78 is 0. The van der Waals surface area contributed by atoms with E-state index in [1.165, 1.54) is 18.2 Å². The highest BCUT2D eigenvalue weighted by Gasteiger charge is 2.37. The van der Waals surface area contributed by atoms with Crippen LogP contribution in [0.2, 0.25) is 5.02 Å². The third-order valence-electron chi connectivity index (χ3n) is 2.97. The van der Waals surface area contributed by atoms with E-state index in [1.807, 2.05) is 0 Å². The molecule has 2 amide bonds. The molecular weight excluding hydrogens is 266 g/mol. The molecule has 19 heavy (non-hydrogen) atoms. The molecule has 0 aromatic heterocycles. The van der Waals surface area contributed by atoms with Gasteiger partial charge in [-0.3, -0.25) is 9.59 Å². The van der Waals surface area contributed by atoms with E-state index in [0.717, 1.165) is 4.90 Å². The largest absolute Gasteiger partial charge is 0.508 e. The van der Waals surface area contributed by atoms with Crippen molar-refractivity contribution in [3.8, 4) is 5.75 Å². The van der Waals surface area contributed by atoms with Crippen LogP contribution in [0.1, 0.15) is 20.7 Å². The summed E-state index contributed by atoms with van der Waals surface area (Å²) >= 11 is 5.98. The predicted molar refractivity (Wildman–Crippen MR) is 70.7 cm³/mol. The van der Waals surface area contributed by atoms with Crippen LogP contribution in [0.15, 0.2) is 42.5 Å². The predicted octanol–water partition coefficient (Wildman–Crippen LogP) is 2.85. The number of phenolic OH excluding ortho intramolecular Hbond substituents is 1. The highest BCUT2D eigenvalue weighted by atomic mass is 35.5. The highest BCUT2D eigenvalue weighted by molar-refractivity contribution is 6.39. The molecule has 0 saturated carbocycles. The molecule has 1 N–H and O–H groups in total. The van der Waals surface area contributed by atoms with Gasteiger partial charge in [0.15, 0.2) is 0 Å². The Morgan fingerprint density at radius 2 is 1.53 bits per heavy atom. The van der Waals surface area contributed by atoms with Crippen molar-refractivity contribution in [2.24, 2.45) is 0 Å². The third-order valence-corrected chi connectivity index (χ3v) is 3.27. The van der Waals surface area contributed by atoms with Crippen LogP contribution in [0.25, 0.3) is 0 Å². The third kappa shape index (κ3) is 1.69. The monoisotopic (exact) mass is 273 g/mol. The molecule has 2 aromatic rings. The van der Waals surface area contributed by atoms with Gasteiger partial charge in [-0.05, 0) is 24.3 Å². The Labute approximate surface area is 113 Å². The Morgan fingerprint density at radius 3 is 2.05 bits per heavy atom. The van der Waals surface area contributed by atoms with Crippen LogP contribution in [0.3, 0.4) is 0 Å². The second-order valence-corrected chi connectivity index (χ2v) is 4.53. The Hall–Kier alpha value is -2.33. The molecule has 1 aliphatic rings. The first kappa shape index (κ1) is 11.7. The zero-order chi connectivity index (χ0) is 13.6. The number of aromatic hydroxyl groups is 1. The lowest BCUT2D eigenvalue weighted by Crippen LogP contribution is -2.29. The maximum absolute atomic E-state index is 12.2. The van der Waals surface area contributed by atoms with Crippen LogP contribution < -0.4 is 4.90 Å². The van der Waals surface area contributed by atoms with Gasteiger partial charge in [-0.25, -0.2) is 4.90 Å². The molecule has 4 nitrogen and oxygen atoms in total. The van der Waals surface area contributed by atoms with E-state index in [0.29, 0.717) is 11.1 Å². The lowest BCUT2D eigenvalue weighted by molar-refractivity contribution is 0.0926. The van der Waals surface area contributed by atoms with Gasteiger partial charge in [-0.15, -0.1) is 0 Å². The molecule has 0 unspecified atom stereocenters. The van der Waals surface area contributed by atoms with Gasteiger partial charge in [0.1, 0.15) is 5.75 Å². The average molecular weight is 274 g/mol. The van der Waals surface area contributed by atoms with E-state index in [1.54, 1.807) is 24.3 Å². The fourth-order valence-corrected chi connectivity index (χ4v) is 2.34. The van der Waals surface area contributed by atoms with Gasteiger partial charge in [0, 0.05) is 6.07 Å². The molecule has 0 bridgehead atoms. The number of fused-ring (bicyclic) bond motifs is 1. The smallest absolute Gasteiger partial charge is 0.266 e. The summed E-state index contributed by atoms with van der Waals surface area (Å²) in [5.41, 5.74) is 0.985. The van der Waals surface area contributed by atoms with Gasteiger partial charge in [-0.1, -0.05) is 23.7 Å². The molecule has 94 valence electrons. The number of halogens is 1. The summed E-state index contributed by atoms with van der Waals surface area (Å²) in [5.74, 6) is -0.841. The topological polar surface area (TPSA) is 57.6 Å². The maximum atomic E-state index is 12.2. The first-order chi connectivity index (χ1) is 9.09. The molecule has 0 atom stereocenters. The van der Waals surface area contributed by atoms with Crippen LogP contribution in [-0.4, -0.2) is 16.9 Å². The van der Waals surface area contributed by atoms with Gasteiger partial charge >= 0.3 is 0 Å². The van der Waals surface area contributed by atoms with Gasteiger partial charge in [0.2, 0.25) is 0 Å². The first-order valence-electron chi connectivity index (χ1n) is 5.56. The van der Waals surface area contributed by atoms with Crippen molar-refractivity contribution in [3.05, 3.63) is 58.6 Å². The fraction of sp³-hybridized carbons (Fsp3) is 0. The second kappa shape index (κ2) is 4.10. The highest BCUT2D eigenvalue weighted by Crippen LogP contribution is 2.34. The van der Waals surface area contributed by atoms with Crippen molar-refractivity contribution in [1.82, 2.24) is 0 Å². The minimum atomic E-state index is -0.409. The van der Waals surface area contributed by atoms with Crippen molar-refractivity contribution in [2.45, 2.75) is 0 Å². The lowest BCUT2D eigenvalue weighted by atomic mass is 10.1. The first-order valence-corrected chi connectivity index (χ1v) is 5.94. The van der Waals surface area contributed by atoms with Crippen LogP contribution in [0.4, 0.5) is 5.69 Å². The quantitative estimate of drug-likeness (QED) is 0.813. The molecule has 3 rings (SSSR count). The van der Waals surface area contributed by atoms with E-state index < -0.39 is 11.8 Å². The summed E-state index contributed by atoms with van der Waals surface area (Å²) in [6.07, 6.45) is 0. The molecule has 1 aliphatic heterocycles. The van der Waals surface area contributed by atoms with Crippen molar-refractivity contribution < 1.29 is 14.7 Å². The summed E-state index contributed by atoms with van der Waals surface area (Å²) in [5, 5.41) is 9.46. The summed E-state index contributed by atoms with van der Waals surface area (Å²) in [4.78, 5) is 25.5. The Bertz CT molecular complexity index is 677. The number of rotatable bonds is 1. The van der Waals surface area contributed by atoms with E-state index in [4.69, 9.17) is 11.6 Å².